The van der Waals surface area contributed by atoms with E-state index in [-0.39, 0.29) is 0 Å². The Labute approximate surface area is 55.7 Å². The molecule has 2 heteroatoms. The molecule has 1 aromatic rings. The number of nitrogens with two attached hydrogens (primary N) is 1. The summed E-state index contributed by atoms with van der Waals surface area (Å²) in [4.78, 5) is 0. The van der Waals surface area contributed by atoms with Gasteiger partial charge in [-0.25, -0.2) is 0 Å². The minimum absolute atomic E-state index is 0.692. The van der Waals surface area contributed by atoms with Crippen molar-refractivity contribution < 1.29 is 4.42 Å². The van der Waals surface area contributed by atoms with E-state index in [1.807, 2.05) is 20.8 Å². The topological polar surface area (TPSA) is 39.2 Å². The van der Waals surface area contributed by atoms with E-state index in [4.69, 9.17) is 10.2 Å². The average Bonchev–Trinajstić information content (AvgIpc) is 2.20. The molecule has 1 rings (SSSR count). The molecule has 0 aromatic carbocycles. The van der Waals surface area contributed by atoms with Crippen LogP contribution in [0.25, 0.3) is 0 Å². The number of hydrogen-bond acceptors (Lipinski definition) is 2. The van der Waals surface area contributed by atoms with Crippen LogP contribution in [0, 0.1) is 6.92 Å². The Hall–Kier alpha value is -0.920. The molecule has 0 aliphatic carbocycles. The first-order valence-corrected chi connectivity index (χ1v) is 3.09. The van der Waals surface area contributed by atoms with E-state index in [9.17, 15) is 0 Å². The smallest absolute Gasteiger partial charge is 0.114 e. The van der Waals surface area contributed by atoms with Crippen LogP contribution in [0.15, 0.2) is 16.7 Å². The Balaban J connectivity index is 0.000000291. The van der Waals surface area contributed by atoms with E-state index in [0.29, 0.717) is 5.69 Å². The molecule has 0 aliphatic rings. The molecule has 1 heterocycles. The summed E-state index contributed by atoms with van der Waals surface area (Å²) in [6.07, 6.45) is 1.52. The number of anilines is 1. The van der Waals surface area contributed by atoms with E-state index < -0.39 is 0 Å². The van der Waals surface area contributed by atoms with E-state index >= 15 is 0 Å². The number of aryl methyl sites for hydroxylation is 1. The van der Waals surface area contributed by atoms with Gasteiger partial charge in [-0.05, 0) is 6.92 Å². The van der Waals surface area contributed by atoms with E-state index in [1.54, 1.807) is 6.07 Å². The van der Waals surface area contributed by atoms with Gasteiger partial charge in [-0.15, -0.1) is 0 Å². The summed E-state index contributed by atoms with van der Waals surface area (Å²) in [5.41, 5.74) is 5.98. The van der Waals surface area contributed by atoms with Gasteiger partial charge in [0.15, 0.2) is 0 Å². The third-order valence-corrected chi connectivity index (χ3v) is 0.751. The SMILES string of the molecule is CC.Cc1cc(N)co1. The van der Waals surface area contributed by atoms with Gasteiger partial charge in [-0.1, -0.05) is 13.8 Å². The van der Waals surface area contributed by atoms with Crippen LogP contribution >= 0.6 is 0 Å². The van der Waals surface area contributed by atoms with Gasteiger partial charge in [0.25, 0.3) is 0 Å². The van der Waals surface area contributed by atoms with Gasteiger partial charge < -0.3 is 10.2 Å². The molecule has 0 saturated heterocycles. The second-order valence-corrected chi connectivity index (χ2v) is 1.49. The first kappa shape index (κ1) is 8.08. The van der Waals surface area contributed by atoms with Crippen molar-refractivity contribution in [3.05, 3.63) is 18.1 Å². The van der Waals surface area contributed by atoms with Crippen LogP contribution in [-0.4, -0.2) is 0 Å². The Morgan fingerprint density at radius 3 is 2.11 bits per heavy atom. The fraction of sp³-hybridized carbons (Fsp3) is 0.429. The van der Waals surface area contributed by atoms with Crippen LogP contribution in [0.3, 0.4) is 0 Å². The predicted octanol–water partition coefficient (Wildman–Crippen LogP) is 2.20. The first-order chi connectivity index (χ1) is 4.29. The minimum Gasteiger partial charge on any atom is -0.467 e. The van der Waals surface area contributed by atoms with Crippen molar-refractivity contribution in [1.29, 1.82) is 0 Å². The molecule has 0 fully saturated rings. The number of nitrogen functional groups attached to an aromatic ring is 1. The third kappa shape index (κ3) is 2.80. The molecule has 1 aromatic heterocycles. The van der Waals surface area contributed by atoms with Gasteiger partial charge in [-0.3, -0.25) is 0 Å². The van der Waals surface area contributed by atoms with Gasteiger partial charge >= 0.3 is 0 Å². The lowest BCUT2D eigenvalue weighted by atomic mass is 10.5. The molecule has 0 bridgehead atoms. The van der Waals surface area contributed by atoms with Gasteiger partial charge in [0.05, 0.1) is 5.69 Å². The summed E-state index contributed by atoms with van der Waals surface area (Å²) in [6, 6.07) is 1.78. The lowest BCUT2D eigenvalue weighted by Crippen LogP contribution is -1.75. The molecular formula is C7H13NO. The van der Waals surface area contributed by atoms with Crippen LogP contribution in [0.1, 0.15) is 19.6 Å². The van der Waals surface area contributed by atoms with Crippen LogP contribution in [0.4, 0.5) is 5.69 Å². The molecule has 52 valence electrons. The van der Waals surface area contributed by atoms with Gasteiger partial charge in [-0.2, -0.15) is 0 Å². The molecule has 0 radical (unpaired) electrons. The molecule has 0 aliphatic heterocycles. The Bertz CT molecular complexity index is 141. The minimum atomic E-state index is 0.692. The maximum atomic E-state index is 5.28. The van der Waals surface area contributed by atoms with Crippen LogP contribution < -0.4 is 5.73 Å². The molecule has 2 nitrogen and oxygen atoms in total. The lowest BCUT2D eigenvalue weighted by Gasteiger charge is -1.69. The number of hydrogen-bond donors (Lipinski definition) is 1. The van der Waals surface area contributed by atoms with E-state index in [2.05, 4.69) is 0 Å². The zero-order valence-corrected chi connectivity index (χ0v) is 6.14. The zero-order chi connectivity index (χ0) is 7.28. The molecule has 0 saturated carbocycles. The van der Waals surface area contributed by atoms with Crippen LogP contribution in [0.2, 0.25) is 0 Å². The lowest BCUT2D eigenvalue weighted by molar-refractivity contribution is 0.535. The average molecular weight is 127 g/mol. The molecule has 2 N–H and O–H groups in total. The van der Waals surface area contributed by atoms with Gasteiger partial charge in [0.2, 0.25) is 0 Å². The summed E-state index contributed by atoms with van der Waals surface area (Å²) < 4.78 is 4.84. The van der Waals surface area contributed by atoms with Crippen molar-refractivity contribution in [2.24, 2.45) is 0 Å². The standard InChI is InChI=1S/C5H7NO.C2H6/c1-4-2-5(6)3-7-4;1-2/h2-3H,6H2,1H3;1-2H3. The summed E-state index contributed by atoms with van der Waals surface area (Å²) in [5.74, 6) is 0.859. The third-order valence-electron chi connectivity index (χ3n) is 0.751. The highest BCUT2D eigenvalue weighted by molar-refractivity contribution is 5.34. The molecule has 0 spiro atoms. The second kappa shape index (κ2) is 4.01. The first-order valence-electron chi connectivity index (χ1n) is 3.09. The summed E-state index contributed by atoms with van der Waals surface area (Å²) in [6.45, 7) is 5.86. The van der Waals surface area contributed by atoms with Crippen molar-refractivity contribution >= 4 is 5.69 Å². The maximum absolute atomic E-state index is 5.28. The largest absolute Gasteiger partial charge is 0.467 e. The summed E-state index contributed by atoms with van der Waals surface area (Å²) in [5, 5.41) is 0. The van der Waals surface area contributed by atoms with E-state index in [0.717, 1.165) is 5.76 Å². The highest BCUT2D eigenvalue weighted by Crippen LogP contribution is 2.05. The highest BCUT2D eigenvalue weighted by atomic mass is 16.3. The maximum Gasteiger partial charge on any atom is 0.114 e. The van der Waals surface area contributed by atoms with Crippen molar-refractivity contribution in [3.8, 4) is 0 Å². The number of rotatable bonds is 0. The van der Waals surface area contributed by atoms with Crippen LogP contribution in [-0.2, 0) is 0 Å². The van der Waals surface area contributed by atoms with Crippen molar-refractivity contribution in [1.82, 2.24) is 0 Å². The van der Waals surface area contributed by atoms with Crippen molar-refractivity contribution in [2.75, 3.05) is 5.73 Å². The van der Waals surface area contributed by atoms with E-state index in [1.165, 1.54) is 6.26 Å². The second-order valence-electron chi connectivity index (χ2n) is 1.49. The fourth-order valence-corrected chi connectivity index (χ4v) is 0.464. The molecule has 0 amide bonds. The molecule has 0 atom stereocenters. The van der Waals surface area contributed by atoms with Gasteiger partial charge in [0, 0.05) is 6.07 Å². The Kier molecular flexibility index (Phi) is 3.60. The Morgan fingerprint density at radius 1 is 1.44 bits per heavy atom. The fourth-order valence-electron chi connectivity index (χ4n) is 0.464. The monoisotopic (exact) mass is 127 g/mol. The highest BCUT2D eigenvalue weighted by Gasteiger charge is 1.86. The predicted molar refractivity (Wildman–Crippen MR) is 39.2 cm³/mol. The van der Waals surface area contributed by atoms with Crippen molar-refractivity contribution in [3.63, 3.8) is 0 Å². The normalized spacial score (nSPS) is 7.89. The Morgan fingerprint density at radius 2 is 2.00 bits per heavy atom. The molecule has 9 heavy (non-hydrogen) atoms. The van der Waals surface area contributed by atoms with Crippen LogP contribution in [0.5, 0.6) is 0 Å². The van der Waals surface area contributed by atoms with Crippen molar-refractivity contribution in [2.45, 2.75) is 20.8 Å². The summed E-state index contributed by atoms with van der Waals surface area (Å²) in [7, 11) is 0. The zero-order valence-electron chi connectivity index (χ0n) is 6.14. The number of furan rings is 1. The molecule has 0 unspecified atom stereocenters. The summed E-state index contributed by atoms with van der Waals surface area (Å²) >= 11 is 0. The van der Waals surface area contributed by atoms with Gasteiger partial charge in [0.1, 0.15) is 12.0 Å². The molecular weight excluding hydrogens is 114 g/mol. The quantitative estimate of drug-likeness (QED) is 0.580.